The number of urea groups is 1. The summed E-state index contributed by atoms with van der Waals surface area (Å²) < 4.78 is 5.70. The van der Waals surface area contributed by atoms with Crippen LogP contribution in [0.2, 0.25) is 0 Å². The molecule has 0 spiro atoms. The lowest BCUT2D eigenvalue weighted by Gasteiger charge is -2.24. The summed E-state index contributed by atoms with van der Waals surface area (Å²) in [4.78, 5) is 12.0. The lowest BCUT2D eigenvalue weighted by molar-refractivity contribution is 0.0277. The highest BCUT2D eigenvalue weighted by molar-refractivity contribution is 5.99. The van der Waals surface area contributed by atoms with Crippen molar-refractivity contribution < 1.29 is 9.53 Å². The summed E-state index contributed by atoms with van der Waals surface area (Å²) >= 11 is 0. The largest absolute Gasteiger partial charge is 0.371 e. The zero-order valence-electron chi connectivity index (χ0n) is 13.1. The Balaban J connectivity index is 1.59. The van der Waals surface area contributed by atoms with Crippen molar-refractivity contribution in [2.45, 2.75) is 6.10 Å². The Morgan fingerprint density at radius 1 is 1.17 bits per heavy atom. The highest BCUT2D eigenvalue weighted by Crippen LogP contribution is 2.21. The van der Waals surface area contributed by atoms with Gasteiger partial charge in [0.15, 0.2) is 0 Å². The molecule has 3 N–H and O–H groups in total. The van der Waals surface area contributed by atoms with Crippen molar-refractivity contribution >= 4 is 17.4 Å². The number of hydrogen-bond acceptors (Lipinski definition) is 4. The number of benzene rings is 2. The third kappa shape index (κ3) is 4.10. The third-order valence-corrected chi connectivity index (χ3v) is 3.72. The first-order chi connectivity index (χ1) is 11.7. The minimum absolute atomic E-state index is 0.0512. The molecule has 122 valence electrons. The maximum atomic E-state index is 12.0. The molecule has 2 amide bonds. The van der Waals surface area contributed by atoms with Crippen LogP contribution in [0.5, 0.6) is 0 Å². The van der Waals surface area contributed by atoms with Crippen molar-refractivity contribution in [3.63, 3.8) is 0 Å². The maximum Gasteiger partial charge on any atom is 0.323 e. The molecule has 1 saturated heterocycles. The molecule has 1 aliphatic heterocycles. The lowest BCUT2D eigenvalue weighted by atomic mass is 10.1. The molecule has 2 aromatic carbocycles. The molecule has 1 heterocycles. The van der Waals surface area contributed by atoms with Crippen LogP contribution in [-0.4, -0.2) is 25.7 Å². The number of ether oxygens (including phenoxy) is 1. The SMILES string of the molecule is N#Cc1cccc(NC(=O)Nc2ccc([C@H]3CNCCO3)cc2)c1. The second-order valence-electron chi connectivity index (χ2n) is 5.46. The van der Waals surface area contributed by atoms with Gasteiger partial charge in [0, 0.05) is 24.5 Å². The maximum absolute atomic E-state index is 12.0. The summed E-state index contributed by atoms with van der Waals surface area (Å²) in [5, 5.41) is 17.6. The fraction of sp³-hybridized carbons (Fsp3) is 0.222. The van der Waals surface area contributed by atoms with Crippen LogP contribution in [0.25, 0.3) is 0 Å². The average molecular weight is 322 g/mol. The van der Waals surface area contributed by atoms with Crippen molar-refractivity contribution in [1.82, 2.24) is 5.32 Å². The van der Waals surface area contributed by atoms with E-state index in [9.17, 15) is 4.79 Å². The lowest BCUT2D eigenvalue weighted by Crippen LogP contribution is -2.33. The van der Waals surface area contributed by atoms with E-state index in [1.807, 2.05) is 30.3 Å². The molecule has 0 saturated carbocycles. The smallest absolute Gasteiger partial charge is 0.323 e. The van der Waals surface area contributed by atoms with Gasteiger partial charge in [-0.2, -0.15) is 5.26 Å². The zero-order chi connectivity index (χ0) is 16.8. The first kappa shape index (κ1) is 16.0. The van der Waals surface area contributed by atoms with Gasteiger partial charge < -0.3 is 20.7 Å². The molecule has 3 rings (SSSR count). The monoisotopic (exact) mass is 322 g/mol. The Hall–Kier alpha value is -2.88. The van der Waals surface area contributed by atoms with Gasteiger partial charge in [0.25, 0.3) is 0 Å². The molecule has 6 heteroatoms. The third-order valence-electron chi connectivity index (χ3n) is 3.72. The molecule has 0 unspecified atom stereocenters. The van der Waals surface area contributed by atoms with Crippen LogP contribution < -0.4 is 16.0 Å². The van der Waals surface area contributed by atoms with E-state index in [1.54, 1.807) is 24.3 Å². The van der Waals surface area contributed by atoms with E-state index in [1.165, 1.54) is 0 Å². The molecule has 1 atom stereocenters. The molecule has 0 aliphatic carbocycles. The highest BCUT2D eigenvalue weighted by atomic mass is 16.5. The van der Waals surface area contributed by atoms with E-state index in [0.29, 0.717) is 23.5 Å². The highest BCUT2D eigenvalue weighted by Gasteiger charge is 2.15. The first-order valence-corrected chi connectivity index (χ1v) is 7.75. The van der Waals surface area contributed by atoms with Gasteiger partial charge in [0.05, 0.1) is 24.3 Å². The second kappa shape index (κ2) is 7.59. The van der Waals surface area contributed by atoms with Crippen molar-refractivity contribution in [3.05, 3.63) is 59.7 Å². The minimum Gasteiger partial charge on any atom is -0.371 e. The summed E-state index contributed by atoms with van der Waals surface area (Å²) in [5.41, 5.74) is 2.84. The summed E-state index contributed by atoms with van der Waals surface area (Å²) in [6, 6.07) is 16.0. The van der Waals surface area contributed by atoms with E-state index < -0.39 is 0 Å². The number of rotatable bonds is 3. The molecule has 24 heavy (non-hydrogen) atoms. The quantitative estimate of drug-likeness (QED) is 0.811. The van der Waals surface area contributed by atoms with Crippen LogP contribution in [-0.2, 0) is 4.74 Å². The Morgan fingerprint density at radius 3 is 2.67 bits per heavy atom. The van der Waals surface area contributed by atoms with Crippen LogP contribution in [0.3, 0.4) is 0 Å². The molecule has 1 fully saturated rings. The van der Waals surface area contributed by atoms with Crippen LogP contribution in [0.15, 0.2) is 48.5 Å². The topological polar surface area (TPSA) is 86.2 Å². The van der Waals surface area contributed by atoms with Gasteiger partial charge in [-0.25, -0.2) is 4.79 Å². The number of nitrogens with zero attached hydrogens (tertiary/aromatic N) is 1. The number of nitrogens with one attached hydrogen (secondary N) is 3. The molecule has 6 nitrogen and oxygen atoms in total. The first-order valence-electron chi connectivity index (χ1n) is 7.75. The summed E-state index contributed by atoms with van der Waals surface area (Å²) in [6.45, 7) is 2.38. The predicted molar refractivity (Wildman–Crippen MR) is 91.8 cm³/mol. The van der Waals surface area contributed by atoms with Gasteiger partial charge in [-0.05, 0) is 35.9 Å². The Labute approximate surface area is 140 Å². The fourth-order valence-electron chi connectivity index (χ4n) is 2.52. The van der Waals surface area contributed by atoms with Crippen LogP contribution in [0.1, 0.15) is 17.2 Å². The van der Waals surface area contributed by atoms with Gasteiger partial charge in [-0.15, -0.1) is 0 Å². The number of carbonyl (C=O) groups excluding carboxylic acids is 1. The van der Waals surface area contributed by atoms with E-state index in [2.05, 4.69) is 16.0 Å². The standard InChI is InChI=1S/C18H18N4O2/c19-11-13-2-1-3-16(10-13)22-18(23)21-15-6-4-14(5-7-15)17-12-20-8-9-24-17/h1-7,10,17,20H,8-9,12H2,(H2,21,22,23)/t17-/m1/s1. The van der Waals surface area contributed by atoms with E-state index in [0.717, 1.165) is 18.7 Å². The summed E-state index contributed by atoms with van der Waals surface area (Å²) in [6.07, 6.45) is 0.0512. The van der Waals surface area contributed by atoms with E-state index in [4.69, 9.17) is 10.00 Å². The minimum atomic E-state index is -0.353. The van der Waals surface area contributed by atoms with Gasteiger partial charge in [-0.1, -0.05) is 18.2 Å². The fourth-order valence-corrected chi connectivity index (χ4v) is 2.52. The molecule has 0 radical (unpaired) electrons. The van der Waals surface area contributed by atoms with Gasteiger partial charge in [-0.3, -0.25) is 0 Å². The number of morpholine rings is 1. The number of nitriles is 1. The van der Waals surface area contributed by atoms with Gasteiger partial charge in [0.1, 0.15) is 0 Å². The van der Waals surface area contributed by atoms with Crippen molar-refractivity contribution in [2.24, 2.45) is 0 Å². The van der Waals surface area contributed by atoms with E-state index >= 15 is 0 Å². The van der Waals surface area contributed by atoms with Crippen molar-refractivity contribution in [3.8, 4) is 6.07 Å². The van der Waals surface area contributed by atoms with Crippen LogP contribution in [0.4, 0.5) is 16.2 Å². The Kier molecular flexibility index (Phi) is 5.06. The molecule has 0 aromatic heterocycles. The van der Waals surface area contributed by atoms with E-state index in [-0.39, 0.29) is 12.1 Å². The number of amides is 2. The number of carbonyl (C=O) groups is 1. The molecular weight excluding hydrogens is 304 g/mol. The Bertz CT molecular complexity index is 746. The average Bonchev–Trinajstić information content (AvgIpc) is 2.63. The molecule has 1 aliphatic rings. The predicted octanol–water partition coefficient (Wildman–Crippen LogP) is 2.86. The number of hydrogen-bond donors (Lipinski definition) is 3. The molecule has 2 aromatic rings. The zero-order valence-corrected chi connectivity index (χ0v) is 13.1. The molecular formula is C18H18N4O2. The van der Waals surface area contributed by atoms with Crippen molar-refractivity contribution in [2.75, 3.05) is 30.3 Å². The van der Waals surface area contributed by atoms with Gasteiger partial charge in [0.2, 0.25) is 0 Å². The second-order valence-corrected chi connectivity index (χ2v) is 5.46. The molecule has 0 bridgehead atoms. The van der Waals surface area contributed by atoms with Crippen molar-refractivity contribution in [1.29, 1.82) is 5.26 Å². The Morgan fingerprint density at radius 2 is 1.96 bits per heavy atom. The summed E-state index contributed by atoms with van der Waals surface area (Å²) in [7, 11) is 0. The number of anilines is 2. The van der Waals surface area contributed by atoms with Gasteiger partial charge >= 0.3 is 6.03 Å². The van der Waals surface area contributed by atoms with Crippen LogP contribution in [0, 0.1) is 11.3 Å². The summed E-state index contributed by atoms with van der Waals surface area (Å²) in [5.74, 6) is 0. The van der Waals surface area contributed by atoms with Crippen LogP contribution >= 0.6 is 0 Å². The normalized spacial score (nSPS) is 16.9.